The number of esters is 2. The van der Waals surface area contributed by atoms with Gasteiger partial charge in [0.05, 0.1) is 40.3 Å². The number of hydrogen-bond acceptors (Lipinski definition) is 8. The van der Waals surface area contributed by atoms with E-state index in [2.05, 4.69) is 160 Å². The van der Waals surface area contributed by atoms with E-state index in [1.54, 1.807) is 0 Å². The molecular formula is C83H139NO8. The summed E-state index contributed by atoms with van der Waals surface area (Å²) in [5.41, 5.74) is 0. The summed E-state index contributed by atoms with van der Waals surface area (Å²) >= 11 is 0. The van der Waals surface area contributed by atoms with E-state index in [1.165, 1.54) is 161 Å². The van der Waals surface area contributed by atoms with Crippen LogP contribution >= 0.6 is 0 Å². The van der Waals surface area contributed by atoms with Gasteiger partial charge < -0.3 is 33.3 Å². The Hall–Kier alpha value is -4.83. The van der Waals surface area contributed by atoms with Crippen molar-refractivity contribution in [3.63, 3.8) is 0 Å². The highest BCUT2D eigenvalue weighted by atomic mass is 16.7. The molecule has 0 rings (SSSR count). The third-order valence-electron chi connectivity index (χ3n) is 15.9. The van der Waals surface area contributed by atoms with Crippen molar-refractivity contribution in [3.8, 4) is 0 Å². The standard InChI is InChI=1S/C83H139NO8/c1-6-8-10-12-14-16-18-20-22-24-26-28-30-32-34-36-37-38-39-40-41-42-43-44-45-46-48-50-52-54-56-58-60-62-64-66-68-70-72-74-81(86)92-79(78-91-83(82(87)88)89-76-75-84(3,4)5)77-90-80(85)73-71-69-67-65-63-61-59-57-55-53-51-49-47-35-33-31-29-27-25-23-21-19-17-15-13-11-9-7-2/h8,10,14,16,20,22,26,28,32,34,37-38,40-41,43-44,46,48,52,54,58,60,64,66,79,83H,6-7,9,11-13,15,17-19,21,23-25,27,29-31,33,35-36,39,42,45,47,49-51,53,55-57,59,61-63,65,67-78H2,1-5H3/b10-8-,16-14-,22-20-,28-26-,34-32-,38-37-,41-40-,44-43-,48-46-,54-52-,60-58-,66-64-. The molecule has 0 amide bonds. The van der Waals surface area contributed by atoms with E-state index in [4.69, 9.17) is 18.9 Å². The molecule has 0 aliphatic carbocycles. The summed E-state index contributed by atoms with van der Waals surface area (Å²) in [6.07, 6.45) is 102. The number of likely N-dealkylation sites (N-methyl/N-ethyl adjacent to an activating group) is 1. The van der Waals surface area contributed by atoms with Crippen LogP contribution in [0.15, 0.2) is 146 Å². The number of allylic oxidation sites excluding steroid dienone is 24. The zero-order chi connectivity index (χ0) is 66.8. The number of aliphatic carboxylic acids is 1. The van der Waals surface area contributed by atoms with Gasteiger partial charge in [0.1, 0.15) is 13.2 Å². The van der Waals surface area contributed by atoms with E-state index >= 15 is 0 Å². The van der Waals surface area contributed by atoms with Crippen LogP contribution in [0.3, 0.4) is 0 Å². The van der Waals surface area contributed by atoms with Crippen molar-refractivity contribution in [2.75, 3.05) is 47.5 Å². The molecule has 524 valence electrons. The number of carboxylic acid groups (broad SMARTS) is 1. The molecule has 9 heteroatoms. The second kappa shape index (κ2) is 72.0. The lowest BCUT2D eigenvalue weighted by Crippen LogP contribution is -2.44. The molecule has 0 aliphatic rings. The summed E-state index contributed by atoms with van der Waals surface area (Å²) in [6, 6.07) is 0. The summed E-state index contributed by atoms with van der Waals surface area (Å²) in [5, 5.41) is 11.8. The minimum atomic E-state index is -1.64. The van der Waals surface area contributed by atoms with E-state index in [0.29, 0.717) is 17.4 Å². The van der Waals surface area contributed by atoms with Crippen LogP contribution in [0.5, 0.6) is 0 Å². The maximum absolute atomic E-state index is 12.9. The number of carbonyl (C=O) groups excluding carboxylic acids is 3. The molecule has 0 aliphatic heterocycles. The molecule has 2 unspecified atom stereocenters. The van der Waals surface area contributed by atoms with Crippen molar-refractivity contribution < 1.29 is 42.9 Å². The van der Waals surface area contributed by atoms with Gasteiger partial charge in [-0.1, -0.05) is 333 Å². The summed E-state index contributed by atoms with van der Waals surface area (Å²) < 4.78 is 22.8. The molecule has 2 atom stereocenters. The zero-order valence-corrected chi connectivity index (χ0v) is 59.9. The fourth-order valence-corrected chi connectivity index (χ4v) is 10.2. The topological polar surface area (TPSA) is 111 Å². The molecular weight excluding hydrogens is 1140 g/mol. The molecule has 0 aromatic carbocycles. The minimum absolute atomic E-state index is 0.133. The molecule has 0 fully saturated rings. The van der Waals surface area contributed by atoms with Crippen LogP contribution in [0, 0.1) is 0 Å². The number of nitrogens with zero attached hydrogens (tertiary/aromatic N) is 1. The van der Waals surface area contributed by atoms with Gasteiger partial charge in [0.25, 0.3) is 0 Å². The van der Waals surface area contributed by atoms with Crippen LogP contribution in [0.25, 0.3) is 0 Å². The first-order valence-electron chi connectivity index (χ1n) is 37.5. The Balaban J connectivity index is 4.21. The molecule has 9 nitrogen and oxygen atoms in total. The molecule has 0 saturated carbocycles. The number of rotatable bonds is 68. The van der Waals surface area contributed by atoms with E-state index in [9.17, 15) is 19.5 Å². The molecule has 0 heterocycles. The average Bonchev–Trinajstić information content (AvgIpc) is 3.75. The van der Waals surface area contributed by atoms with Crippen molar-refractivity contribution in [1.82, 2.24) is 0 Å². The van der Waals surface area contributed by atoms with Crippen LogP contribution in [0.1, 0.15) is 303 Å². The summed E-state index contributed by atoms with van der Waals surface area (Å²) in [6.45, 7) is 4.60. The Morgan fingerprint density at radius 1 is 0.337 bits per heavy atom. The predicted molar refractivity (Wildman–Crippen MR) is 393 cm³/mol. The smallest absolute Gasteiger partial charge is 0.306 e. The highest BCUT2D eigenvalue weighted by Crippen LogP contribution is 2.18. The SMILES string of the molecule is CC/C=C\C/C=C\C/C=C\C/C=C\C/C=C\C/C=C\C/C=C\C/C=C\C/C=C\C/C=C\C/C=C\C/C=C\CCCCC(=O)OC(COC(=O)CCCCCCCCCCCCCCCCCCCCCCCCCCCCCC)COC(OCC[N+](C)(C)C)C(=O)[O-]. The van der Waals surface area contributed by atoms with Crippen molar-refractivity contribution >= 4 is 17.9 Å². The fraction of sp³-hybridized carbons (Fsp3) is 0.675. The summed E-state index contributed by atoms with van der Waals surface area (Å²) in [4.78, 5) is 37.5. The molecule has 0 spiro atoms. The van der Waals surface area contributed by atoms with Gasteiger partial charge in [-0.3, -0.25) is 9.59 Å². The minimum Gasteiger partial charge on any atom is -0.545 e. The second-order valence-electron chi connectivity index (χ2n) is 25.9. The largest absolute Gasteiger partial charge is 0.545 e. The maximum Gasteiger partial charge on any atom is 0.306 e. The third kappa shape index (κ3) is 72.6. The Morgan fingerprint density at radius 3 is 0.924 bits per heavy atom. The van der Waals surface area contributed by atoms with Gasteiger partial charge in [0, 0.05) is 12.8 Å². The fourth-order valence-electron chi connectivity index (χ4n) is 10.2. The maximum atomic E-state index is 12.9. The van der Waals surface area contributed by atoms with Gasteiger partial charge in [-0.05, 0) is 103 Å². The Kier molecular flexibility index (Phi) is 68.2. The molecule has 0 bridgehead atoms. The molecule has 92 heavy (non-hydrogen) atoms. The second-order valence-corrected chi connectivity index (χ2v) is 25.9. The predicted octanol–water partition coefficient (Wildman–Crippen LogP) is 22.5. The first-order valence-corrected chi connectivity index (χ1v) is 37.5. The van der Waals surface area contributed by atoms with E-state index in [1.807, 2.05) is 21.1 Å². The number of unbranched alkanes of at least 4 members (excludes halogenated alkanes) is 29. The number of hydrogen-bond donors (Lipinski definition) is 0. The van der Waals surface area contributed by atoms with Gasteiger partial charge in [-0.25, -0.2) is 0 Å². The average molecular weight is 1280 g/mol. The first kappa shape index (κ1) is 87.2. The Bertz CT molecular complexity index is 2030. The zero-order valence-electron chi connectivity index (χ0n) is 59.9. The molecule has 0 N–H and O–H groups in total. The number of carboxylic acids is 1. The summed E-state index contributed by atoms with van der Waals surface area (Å²) in [5.74, 6) is -2.34. The highest BCUT2D eigenvalue weighted by molar-refractivity contribution is 5.70. The van der Waals surface area contributed by atoms with Gasteiger partial charge >= 0.3 is 11.9 Å². The molecule has 0 aromatic rings. The summed E-state index contributed by atoms with van der Waals surface area (Å²) in [7, 11) is 5.91. The molecule has 0 saturated heterocycles. The van der Waals surface area contributed by atoms with Crippen molar-refractivity contribution in [3.05, 3.63) is 146 Å². The van der Waals surface area contributed by atoms with Crippen molar-refractivity contribution in [2.24, 2.45) is 0 Å². The van der Waals surface area contributed by atoms with Gasteiger partial charge in [0.15, 0.2) is 12.4 Å². The van der Waals surface area contributed by atoms with Crippen LogP contribution in [-0.2, 0) is 33.3 Å². The first-order chi connectivity index (χ1) is 45.1. The van der Waals surface area contributed by atoms with E-state index in [-0.39, 0.29) is 38.6 Å². The lowest BCUT2D eigenvalue weighted by Gasteiger charge is -2.26. The molecule has 0 radical (unpaired) electrons. The lowest BCUT2D eigenvalue weighted by molar-refractivity contribution is -0.870. The number of carbonyl (C=O) groups is 3. The van der Waals surface area contributed by atoms with Crippen LogP contribution < -0.4 is 5.11 Å². The monoisotopic (exact) mass is 1280 g/mol. The van der Waals surface area contributed by atoms with E-state index in [0.717, 1.165) is 109 Å². The van der Waals surface area contributed by atoms with Crippen LogP contribution in [0.4, 0.5) is 0 Å². The van der Waals surface area contributed by atoms with Crippen molar-refractivity contribution in [1.29, 1.82) is 0 Å². The quantitative estimate of drug-likeness (QED) is 0.0195. The van der Waals surface area contributed by atoms with Gasteiger partial charge in [-0.15, -0.1) is 0 Å². The third-order valence-corrected chi connectivity index (χ3v) is 15.9. The normalized spacial score (nSPS) is 13.5. The molecule has 0 aromatic heterocycles. The highest BCUT2D eigenvalue weighted by Gasteiger charge is 2.22. The van der Waals surface area contributed by atoms with Crippen LogP contribution in [0.2, 0.25) is 0 Å². The Labute approximate surface area is 566 Å². The number of ether oxygens (including phenoxy) is 4. The number of quaternary nitrogens is 1. The lowest BCUT2D eigenvalue weighted by atomic mass is 10.0. The van der Waals surface area contributed by atoms with Crippen molar-refractivity contribution in [2.45, 2.75) is 315 Å². The van der Waals surface area contributed by atoms with Gasteiger partial charge in [0.2, 0.25) is 0 Å². The Morgan fingerprint density at radius 2 is 0.620 bits per heavy atom. The van der Waals surface area contributed by atoms with E-state index < -0.39 is 24.3 Å². The van der Waals surface area contributed by atoms with Gasteiger partial charge in [-0.2, -0.15) is 0 Å². The van der Waals surface area contributed by atoms with Crippen LogP contribution in [-0.4, -0.2) is 82.3 Å².